The minimum absolute atomic E-state index is 0. The molecule has 11 rings (SSSR count). The van der Waals surface area contributed by atoms with Crippen LogP contribution in [0.4, 0.5) is 0 Å². The molecule has 4 aromatic heterocycles. The van der Waals surface area contributed by atoms with Gasteiger partial charge in [0.15, 0.2) is 5.82 Å². The van der Waals surface area contributed by atoms with Crippen LogP contribution in [-0.2, 0) is 20.1 Å². The van der Waals surface area contributed by atoms with E-state index in [4.69, 9.17) is 9.47 Å². The van der Waals surface area contributed by atoms with E-state index in [1.165, 1.54) is 0 Å². The Balaban J connectivity index is 0.000000134. The molecule has 0 atom stereocenters. The van der Waals surface area contributed by atoms with E-state index in [1.807, 2.05) is 152 Å². The molecule has 0 amide bonds. The quantitative estimate of drug-likeness (QED) is 0.169. The number of para-hydroxylation sites is 2. The van der Waals surface area contributed by atoms with Crippen molar-refractivity contribution < 1.29 is 29.6 Å². The van der Waals surface area contributed by atoms with Gasteiger partial charge in [0, 0.05) is 37.8 Å². The maximum atomic E-state index is 5.40. The first-order valence-electron chi connectivity index (χ1n) is 18.1. The van der Waals surface area contributed by atoms with Crippen molar-refractivity contribution in [2.75, 3.05) is 14.2 Å². The average molecular weight is 952 g/mol. The molecule has 0 unspecified atom stereocenters. The number of imidazole rings is 1. The van der Waals surface area contributed by atoms with Gasteiger partial charge in [0.25, 0.3) is 0 Å². The van der Waals surface area contributed by atoms with Crippen LogP contribution in [0.1, 0.15) is 7.43 Å². The summed E-state index contributed by atoms with van der Waals surface area (Å²) in [5.74, 6) is 2.41. The van der Waals surface area contributed by atoms with E-state index in [9.17, 15) is 0 Å². The van der Waals surface area contributed by atoms with Crippen molar-refractivity contribution in [3.05, 3.63) is 170 Å². The van der Waals surface area contributed by atoms with Crippen molar-refractivity contribution in [1.82, 2.24) is 44.9 Å². The first-order chi connectivity index (χ1) is 28.2. The molecular formula is C47H37IrN9O2-2. The molecule has 12 heteroatoms. The maximum Gasteiger partial charge on any atom is 0.157 e. The number of hydrogen-bond donors (Lipinski definition) is 1. The first kappa shape index (κ1) is 39.9. The summed E-state index contributed by atoms with van der Waals surface area (Å²) in [7, 11) is 3.32. The molecule has 0 aliphatic rings. The van der Waals surface area contributed by atoms with Gasteiger partial charge in [-0.2, -0.15) is 42.1 Å². The Morgan fingerprint density at radius 2 is 0.898 bits per heavy atom. The molecule has 293 valence electrons. The molecule has 11 nitrogen and oxygen atoms in total. The molecule has 0 saturated heterocycles. The van der Waals surface area contributed by atoms with Crippen molar-refractivity contribution in [2.24, 2.45) is 0 Å². The normalized spacial score (nSPS) is 10.6. The van der Waals surface area contributed by atoms with Crippen molar-refractivity contribution >= 4 is 54.6 Å². The number of nitrogens with zero attached hydrogens (tertiary/aromatic N) is 8. The summed E-state index contributed by atoms with van der Waals surface area (Å²) in [6.07, 6.45) is 1.77. The summed E-state index contributed by atoms with van der Waals surface area (Å²) < 4.78 is 10.8. The van der Waals surface area contributed by atoms with Gasteiger partial charge in [0.05, 0.1) is 25.3 Å². The summed E-state index contributed by atoms with van der Waals surface area (Å²) >= 11 is 0. The fourth-order valence-corrected chi connectivity index (χ4v) is 6.55. The third-order valence-electron chi connectivity index (χ3n) is 9.29. The van der Waals surface area contributed by atoms with E-state index < -0.39 is 0 Å². The molecule has 0 saturated carbocycles. The Labute approximate surface area is 353 Å². The van der Waals surface area contributed by atoms with Gasteiger partial charge in [-0.05, 0) is 59.9 Å². The van der Waals surface area contributed by atoms with E-state index in [0.717, 1.165) is 89.0 Å². The largest absolute Gasteiger partial charge is 0.554 e. The van der Waals surface area contributed by atoms with Crippen LogP contribution in [0.2, 0.25) is 0 Å². The van der Waals surface area contributed by atoms with Crippen molar-refractivity contribution in [2.45, 2.75) is 7.43 Å². The van der Waals surface area contributed by atoms with Crippen LogP contribution in [-0.4, -0.2) is 59.2 Å². The van der Waals surface area contributed by atoms with E-state index in [0.29, 0.717) is 0 Å². The molecule has 0 fully saturated rings. The zero-order valence-corrected chi connectivity index (χ0v) is 33.6. The average Bonchev–Trinajstić information content (AvgIpc) is 4.04. The maximum absolute atomic E-state index is 5.40. The van der Waals surface area contributed by atoms with E-state index in [1.54, 1.807) is 30.0 Å². The van der Waals surface area contributed by atoms with Crippen LogP contribution in [0.25, 0.3) is 77.5 Å². The molecule has 0 aliphatic heterocycles. The van der Waals surface area contributed by atoms with Crippen LogP contribution in [0, 0.1) is 12.1 Å². The number of nitrogens with one attached hydrogen (secondary N) is 1. The summed E-state index contributed by atoms with van der Waals surface area (Å²) in [5, 5.41) is 22.2. The smallest absolute Gasteiger partial charge is 0.157 e. The number of benzene rings is 7. The molecule has 11 aromatic rings. The van der Waals surface area contributed by atoms with Gasteiger partial charge in [-0.1, -0.05) is 108 Å². The number of methoxy groups -OCH3 is 2. The second kappa shape index (κ2) is 17.9. The molecular weight excluding hydrogens is 915 g/mol. The summed E-state index contributed by atoms with van der Waals surface area (Å²) in [6, 6.07) is 55.5. The number of pyridine rings is 1. The fraction of sp³-hybridized carbons (Fsp3) is 0.0638. The number of fused-ring (bicyclic) bond motifs is 5. The second-order valence-corrected chi connectivity index (χ2v) is 12.8. The fourth-order valence-electron chi connectivity index (χ4n) is 6.55. The van der Waals surface area contributed by atoms with Gasteiger partial charge in [0.1, 0.15) is 27.8 Å². The van der Waals surface area contributed by atoms with Gasteiger partial charge < -0.3 is 14.5 Å². The Hall–Kier alpha value is -7.27. The van der Waals surface area contributed by atoms with E-state index in [-0.39, 0.29) is 27.5 Å². The SMILES string of the molecule is C.COc1c[c-]c(-n2nc3ccccc3n2)c2ccccc12.COc1c[c-]c(-n2nc3ccccc3n2)c2ccccc12.[Ir].c1ccc(-c2nc3ccccc3[nH]2)nc1. The van der Waals surface area contributed by atoms with Gasteiger partial charge in [0.2, 0.25) is 0 Å². The van der Waals surface area contributed by atoms with Crippen LogP contribution < -0.4 is 9.47 Å². The van der Waals surface area contributed by atoms with Gasteiger partial charge in [-0.3, -0.25) is 4.98 Å². The van der Waals surface area contributed by atoms with Crippen LogP contribution in [0.3, 0.4) is 0 Å². The first-order valence-corrected chi connectivity index (χ1v) is 18.1. The molecule has 1 radical (unpaired) electrons. The second-order valence-electron chi connectivity index (χ2n) is 12.8. The number of rotatable bonds is 5. The number of H-pyrrole nitrogens is 1. The van der Waals surface area contributed by atoms with Crippen LogP contribution in [0.15, 0.2) is 158 Å². The standard InChI is InChI=1S/2C17H12N3O.C12H9N3.CH4.Ir/c2*1-21-17-11-10-16(12-6-2-3-7-13(12)17)20-18-14-8-4-5-9-15(14)19-20;1-2-6-10-9(5-1)14-12(15-10)11-7-3-4-8-13-11;;/h2*2-9,11H,1H3;1-8H,(H,14,15);1H4;/q2*-1;;;. The number of aromatic amines is 1. The summed E-state index contributed by atoms with van der Waals surface area (Å²) in [6.45, 7) is 0. The van der Waals surface area contributed by atoms with Gasteiger partial charge in [-0.15, -0.1) is 24.3 Å². The summed E-state index contributed by atoms with van der Waals surface area (Å²) in [5.41, 5.74) is 7.99. The minimum atomic E-state index is 0. The monoisotopic (exact) mass is 952 g/mol. The number of ether oxygens (including phenoxy) is 2. The Bertz CT molecular complexity index is 2890. The molecule has 1 N–H and O–H groups in total. The molecule has 4 heterocycles. The molecule has 59 heavy (non-hydrogen) atoms. The number of hydrogen-bond acceptors (Lipinski definition) is 8. The van der Waals surface area contributed by atoms with Crippen LogP contribution in [0.5, 0.6) is 11.5 Å². The predicted molar refractivity (Wildman–Crippen MR) is 230 cm³/mol. The molecule has 0 bridgehead atoms. The van der Waals surface area contributed by atoms with Gasteiger partial charge >= 0.3 is 0 Å². The predicted octanol–water partition coefficient (Wildman–Crippen LogP) is 10.0. The van der Waals surface area contributed by atoms with Crippen LogP contribution >= 0.6 is 0 Å². The van der Waals surface area contributed by atoms with Crippen molar-refractivity contribution in [3.63, 3.8) is 0 Å². The number of aromatic nitrogens is 9. The summed E-state index contributed by atoms with van der Waals surface area (Å²) in [4.78, 5) is 15.2. The Morgan fingerprint density at radius 3 is 1.32 bits per heavy atom. The van der Waals surface area contributed by atoms with Crippen molar-refractivity contribution in [1.29, 1.82) is 0 Å². The topological polar surface area (TPSA) is 121 Å². The Morgan fingerprint density at radius 1 is 0.492 bits per heavy atom. The van der Waals surface area contributed by atoms with E-state index >= 15 is 0 Å². The zero-order chi connectivity index (χ0) is 38.6. The Kier molecular flexibility index (Phi) is 12.1. The minimum Gasteiger partial charge on any atom is -0.554 e. The van der Waals surface area contributed by atoms with E-state index in [2.05, 4.69) is 47.5 Å². The third kappa shape index (κ3) is 8.13. The van der Waals surface area contributed by atoms with Crippen molar-refractivity contribution in [3.8, 4) is 34.4 Å². The molecule has 0 spiro atoms. The third-order valence-corrected chi connectivity index (χ3v) is 9.29. The molecule has 0 aliphatic carbocycles. The molecule has 7 aromatic carbocycles. The van der Waals surface area contributed by atoms with Gasteiger partial charge in [-0.25, -0.2) is 4.98 Å². The zero-order valence-electron chi connectivity index (χ0n) is 31.2.